The van der Waals surface area contributed by atoms with Gasteiger partial charge in [-0.1, -0.05) is 35.8 Å². The summed E-state index contributed by atoms with van der Waals surface area (Å²) in [6.07, 6.45) is -4.54. The Hall–Kier alpha value is -2.51. The van der Waals surface area contributed by atoms with Gasteiger partial charge in [-0.15, -0.1) is 0 Å². The second kappa shape index (κ2) is 7.48. The SMILES string of the molecule is C=C(C(=O)OC)c1nn(Cc2ccc(Cl)cc2Cl)c2ccc(C(F)(F)F)cc12. The van der Waals surface area contributed by atoms with Crippen molar-refractivity contribution in [2.24, 2.45) is 0 Å². The molecule has 0 saturated heterocycles. The van der Waals surface area contributed by atoms with E-state index in [0.717, 1.165) is 19.2 Å². The molecule has 0 bridgehead atoms. The van der Waals surface area contributed by atoms with Crippen LogP contribution in [-0.4, -0.2) is 22.9 Å². The number of esters is 1. The van der Waals surface area contributed by atoms with Gasteiger partial charge in [0.15, 0.2) is 0 Å². The number of carbonyl (C=O) groups excluding carboxylic acids is 1. The molecule has 2 aromatic carbocycles. The van der Waals surface area contributed by atoms with Crippen LogP contribution in [0.1, 0.15) is 16.8 Å². The summed E-state index contributed by atoms with van der Waals surface area (Å²) in [5.74, 6) is -0.784. The number of hydrogen-bond donors (Lipinski definition) is 0. The molecule has 0 N–H and O–H groups in total. The Balaban J connectivity index is 2.17. The van der Waals surface area contributed by atoms with Gasteiger partial charge in [-0.3, -0.25) is 4.68 Å². The summed E-state index contributed by atoms with van der Waals surface area (Å²) in [6, 6.07) is 8.07. The Labute approximate surface area is 168 Å². The Kier molecular flexibility index (Phi) is 5.41. The van der Waals surface area contributed by atoms with Crippen LogP contribution in [0.2, 0.25) is 10.0 Å². The molecule has 146 valence electrons. The molecule has 3 aromatic rings. The van der Waals surface area contributed by atoms with Gasteiger partial charge in [-0.2, -0.15) is 18.3 Å². The second-order valence-electron chi connectivity index (χ2n) is 5.94. The largest absolute Gasteiger partial charge is 0.465 e. The number of nitrogens with zero attached hydrogens (tertiary/aromatic N) is 2. The summed E-state index contributed by atoms with van der Waals surface area (Å²) in [6.45, 7) is 3.77. The fraction of sp³-hybridized carbons (Fsp3) is 0.158. The topological polar surface area (TPSA) is 44.1 Å². The van der Waals surface area contributed by atoms with E-state index in [1.165, 1.54) is 10.7 Å². The van der Waals surface area contributed by atoms with Crippen molar-refractivity contribution in [1.29, 1.82) is 0 Å². The molecule has 0 atom stereocenters. The molecule has 0 amide bonds. The molecule has 0 spiro atoms. The standard InChI is InChI=1S/C19H13Cl2F3N2O2/c1-10(18(27)28-2)17-14-7-12(19(22,23)24)4-6-16(14)26(25-17)9-11-3-5-13(20)8-15(11)21/h3-8H,1,9H2,2H3. The van der Waals surface area contributed by atoms with Gasteiger partial charge in [0.1, 0.15) is 5.69 Å². The zero-order chi connectivity index (χ0) is 20.6. The molecule has 9 heteroatoms. The first kappa shape index (κ1) is 20.2. The van der Waals surface area contributed by atoms with Gasteiger partial charge in [0.25, 0.3) is 0 Å². The number of alkyl halides is 3. The third kappa shape index (κ3) is 3.86. The molecule has 0 aliphatic heterocycles. The number of benzene rings is 2. The molecule has 28 heavy (non-hydrogen) atoms. The maximum absolute atomic E-state index is 13.1. The zero-order valence-corrected chi connectivity index (χ0v) is 16.0. The number of aromatic nitrogens is 2. The number of hydrogen-bond acceptors (Lipinski definition) is 3. The predicted molar refractivity (Wildman–Crippen MR) is 101 cm³/mol. The van der Waals surface area contributed by atoms with Crippen molar-refractivity contribution in [2.75, 3.05) is 7.11 Å². The van der Waals surface area contributed by atoms with Gasteiger partial charge in [-0.25, -0.2) is 4.79 Å². The monoisotopic (exact) mass is 428 g/mol. The minimum Gasteiger partial charge on any atom is -0.465 e. The van der Waals surface area contributed by atoms with Crippen LogP contribution in [0.25, 0.3) is 16.5 Å². The molecule has 3 rings (SSSR count). The lowest BCUT2D eigenvalue weighted by Crippen LogP contribution is -2.06. The molecule has 0 unspecified atom stereocenters. The number of methoxy groups -OCH3 is 1. The predicted octanol–water partition coefficient (Wildman–Crippen LogP) is 5.60. The van der Waals surface area contributed by atoms with Gasteiger partial charge >= 0.3 is 12.1 Å². The summed E-state index contributed by atoms with van der Waals surface area (Å²) in [5, 5.41) is 5.27. The van der Waals surface area contributed by atoms with E-state index >= 15 is 0 Å². The fourth-order valence-electron chi connectivity index (χ4n) is 2.73. The second-order valence-corrected chi connectivity index (χ2v) is 6.79. The van der Waals surface area contributed by atoms with E-state index < -0.39 is 17.7 Å². The molecule has 0 aliphatic rings. The maximum Gasteiger partial charge on any atom is 0.416 e. The highest BCUT2D eigenvalue weighted by Crippen LogP contribution is 2.34. The number of rotatable bonds is 4. The van der Waals surface area contributed by atoms with E-state index in [1.807, 2.05) is 0 Å². The maximum atomic E-state index is 13.1. The van der Waals surface area contributed by atoms with E-state index in [0.29, 0.717) is 21.1 Å². The Morgan fingerprint density at radius 1 is 1.21 bits per heavy atom. The van der Waals surface area contributed by atoms with Crippen LogP contribution in [0.3, 0.4) is 0 Å². The van der Waals surface area contributed by atoms with E-state index in [2.05, 4.69) is 16.4 Å². The van der Waals surface area contributed by atoms with E-state index in [9.17, 15) is 18.0 Å². The van der Waals surface area contributed by atoms with Crippen LogP contribution in [0, 0.1) is 0 Å². The van der Waals surface area contributed by atoms with E-state index in [-0.39, 0.29) is 23.2 Å². The number of ether oxygens (including phenoxy) is 1. The minimum absolute atomic E-state index is 0.0121. The van der Waals surface area contributed by atoms with Crippen LogP contribution in [0.5, 0.6) is 0 Å². The normalized spacial score (nSPS) is 11.6. The number of halogens is 5. The third-order valence-corrected chi connectivity index (χ3v) is 4.72. The Morgan fingerprint density at radius 2 is 1.93 bits per heavy atom. The lowest BCUT2D eigenvalue weighted by Gasteiger charge is -2.08. The summed E-state index contributed by atoms with van der Waals surface area (Å²) < 4.78 is 45.5. The highest BCUT2D eigenvalue weighted by atomic mass is 35.5. The highest BCUT2D eigenvalue weighted by molar-refractivity contribution is 6.35. The quantitative estimate of drug-likeness (QED) is 0.401. The molecule has 0 fully saturated rings. The van der Waals surface area contributed by atoms with Crippen LogP contribution in [0.4, 0.5) is 13.2 Å². The molecule has 0 saturated carbocycles. The van der Waals surface area contributed by atoms with Crippen molar-refractivity contribution < 1.29 is 22.7 Å². The zero-order valence-electron chi connectivity index (χ0n) is 14.5. The van der Waals surface area contributed by atoms with Crippen molar-refractivity contribution in [3.8, 4) is 0 Å². The summed E-state index contributed by atoms with van der Waals surface area (Å²) in [5.41, 5.74) is 0.0541. The lowest BCUT2D eigenvalue weighted by atomic mass is 10.1. The van der Waals surface area contributed by atoms with Crippen LogP contribution >= 0.6 is 23.2 Å². The third-order valence-electron chi connectivity index (χ3n) is 4.13. The minimum atomic E-state index is -4.54. The van der Waals surface area contributed by atoms with Gasteiger partial charge in [0, 0.05) is 15.4 Å². The first-order valence-electron chi connectivity index (χ1n) is 7.91. The number of fused-ring (bicyclic) bond motifs is 1. The van der Waals surface area contributed by atoms with Crippen molar-refractivity contribution >= 4 is 45.6 Å². The molecule has 1 heterocycles. The van der Waals surface area contributed by atoms with Gasteiger partial charge < -0.3 is 4.74 Å². The fourth-order valence-corrected chi connectivity index (χ4v) is 3.20. The molecule has 1 aromatic heterocycles. The molecule has 4 nitrogen and oxygen atoms in total. The molecular weight excluding hydrogens is 416 g/mol. The van der Waals surface area contributed by atoms with Crippen LogP contribution < -0.4 is 0 Å². The highest BCUT2D eigenvalue weighted by Gasteiger charge is 2.31. The van der Waals surface area contributed by atoms with Crippen molar-refractivity contribution in [2.45, 2.75) is 12.7 Å². The summed E-state index contributed by atoms with van der Waals surface area (Å²) in [7, 11) is 1.15. The van der Waals surface area contributed by atoms with Crippen molar-refractivity contribution in [3.63, 3.8) is 0 Å². The summed E-state index contributed by atoms with van der Waals surface area (Å²) >= 11 is 12.1. The molecular formula is C19H13Cl2F3N2O2. The van der Waals surface area contributed by atoms with Crippen LogP contribution in [-0.2, 0) is 22.3 Å². The van der Waals surface area contributed by atoms with Gasteiger partial charge in [0.2, 0.25) is 0 Å². The first-order chi connectivity index (χ1) is 13.1. The Bertz CT molecular complexity index is 1090. The van der Waals surface area contributed by atoms with Crippen molar-refractivity contribution in [3.05, 3.63) is 69.8 Å². The van der Waals surface area contributed by atoms with E-state index in [1.54, 1.807) is 18.2 Å². The Morgan fingerprint density at radius 3 is 2.54 bits per heavy atom. The van der Waals surface area contributed by atoms with E-state index in [4.69, 9.17) is 23.2 Å². The summed E-state index contributed by atoms with van der Waals surface area (Å²) in [4.78, 5) is 11.9. The molecule has 0 aliphatic carbocycles. The van der Waals surface area contributed by atoms with Gasteiger partial charge in [-0.05, 0) is 35.9 Å². The average molecular weight is 429 g/mol. The van der Waals surface area contributed by atoms with Crippen molar-refractivity contribution in [1.82, 2.24) is 9.78 Å². The first-order valence-corrected chi connectivity index (χ1v) is 8.66. The smallest absolute Gasteiger partial charge is 0.416 e. The lowest BCUT2D eigenvalue weighted by molar-refractivity contribution is -0.137. The van der Waals surface area contributed by atoms with Crippen LogP contribution in [0.15, 0.2) is 43.0 Å². The molecule has 0 radical (unpaired) electrons. The number of carbonyl (C=O) groups is 1. The van der Waals surface area contributed by atoms with Gasteiger partial charge in [0.05, 0.1) is 30.3 Å². The average Bonchev–Trinajstić information content (AvgIpc) is 3.00.